The molecule has 0 unspecified atom stereocenters. The number of nitrogens with zero attached hydrogens (tertiary/aromatic N) is 4. The van der Waals surface area contributed by atoms with Gasteiger partial charge in [0.25, 0.3) is 0 Å². The second-order valence-corrected chi connectivity index (χ2v) is 6.79. The Morgan fingerprint density at radius 2 is 1.87 bits per heavy atom. The van der Waals surface area contributed by atoms with Gasteiger partial charge >= 0.3 is 10.1 Å². The third-order valence-corrected chi connectivity index (χ3v) is 4.58. The smallest absolute Gasteiger partial charge is 0.342 e. The average molecular weight is 399 g/mol. The Morgan fingerprint density at radius 3 is 2.52 bits per heavy atom. The molecule has 0 atom stereocenters. The summed E-state index contributed by atoms with van der Waals surface area (Å²) < 4.78 is 44.8. The average Bonchev–Trinajstić information content (AvgIpc) is 3.04. The Balaban J connectivity index is 1.87. The van der Waals surface area contributed by atoms with Crippen molar-refractivity contribution < 1.29 is 17.0 Å². The number of hydrogen-bond donors (Lipinski definition) is 0. The lowest BCUT2D eigenvalue weighted by atomic mass is 10.3. The molecular formula is C13H8BrFN4O3S. The Bertz CT molecular complexity index is 930. The van der Waals surface area contributed by atoms with E-state index in [0.717, 1.165) is 12.1 Å². The molecule has 0 amide bonds. The third kappa shape index (κ3) is 3.37. The van der Waals surface area contributed by atoms with E-state index >= 15 is 0 Å². The SMILES string of the molecule is O=S(=O)(Oc1ccc(-n2cnnn2)cc1)c1cc(Br)ccc1F. The van der Waals surface area contributed by atoms with Gasteiger partial charge in [-0.05, 0) is 52.9 Å². The number of hydrogen-bond acceptors (Lipinski definition) is 6. The van der Waals surface area contributed by atoms with Crippen LogP contribution in [0.1, 0.15) is 0 Å². The summed E-state index contributed by atoms with van der Waals surface area (Å²) in [6.45, 7) is 0. The molecule has 0 aliphatic heterocycles. The zero-order valence-electron chi connectivity index (χ0n) is 11.3. The summed E-state index contributed by atoms with van der Waals surface area (Å²) in [5, 5.41) is 10.7. The van der Waals surface area contributed by atoms with Crippen LogP contribution in [-0.2, 0) is 10.1 Å². The normalized spacial score (nSPS) is 11.4. The van der Waals surface area contributed by atoms with Crippen LogP contribution in [-0.4, -0.2) is 28.6 Å². The van der Waals surface area contributed by atoms with Gasteiger partial charge in [0, 0.05) is 4.47 Å². The topological polar surface area (TPSA) is 87.0 Å². The highest BCUT2D eigenvalue weighted by Gasteiger charge is 2.22. The molecule has 0 saturated carbocycles. The summed E-state index contributed by atoms with van der Waals surface area (Å²) in [5.41, 5.74) is 0.619. The molecule has 0 fully saturated rings. The molecule has 3 rings (SSSR count). The lowest BCUT2D eigenvalue weighted by molar-refractivity contribution is 0.476. The second kappa shape index (κ2) is 6.05. The summed E-state index contributed by atoms with van der Waals surface area (Å²) in [6, 6.07) is 9.56. The first-order chi connectivity index (χ1) is 11.0. The van der Waals surface area contributed by atoms with Gasteiger partial charge in [-0.25, -0.2) is 9.07 Å². The molecule has 0 aliphatic carbocycles. The van der Waals surface area contributed by atoms with E-state index < -0.39 is 20.8 Å². The molecule has 1 aromatic heterocycles. The van der Waals surface area contributed by atoms with Gasteiger partial charge in [-0.2, -0.15) is 8.42 Å². The van der Waals surface area contributed by atoms with Crippen LogP contribution in [0.2, 0.25) is 0 Å². The van der Waals surface area contributed by atoms with Crippen LogP contribution in [0.5, 0.6) is 5.75 Å². The van der Waals surface area contributed by atoms with E-state index in [1.165, 1.54) is 29.2 Å². The van der Waals surface area contributed by atoms with Crippen molar-refractivity contribution >= 4 is 26.0 Å². The minimum Gasteiger partial charge on any atom is -0.379 e. The lowest BCUT2D eigenvalue weighted by Crippen LogP contribution is -2.11. The summed E-state index contributed by atoms with van der Waals surface area (Å²) in [4.78, 5) is -0.545. The van der Waals surface area contributed by atoms with Crippen LogP contribution in [0, 0.1) is 5.82 Å². The largest absolute Gasteiger partial charge is 0.379 e. The summed E-state index contributed by atoms with van der Waals surface area (Å²) >= 11 is 3.10. The fourth-order valence-corrected chi connectivity index (χ4v) is 3.32. The quantitative estimate of drug-likeness (QED) is 0.626. The Labute approximate surface area is 139 Å². The van der Waals surface area contributed by atoms with Gasteiger partial charge in [0.2, 0.25) is 0 Å². The zero-order valence-corrected chi connectivity index (χ0v) is 13.7. The molecule has 0 saturated heterocycles. The maximum Gasteiger partial charge on any atom is 0.342 e. The molecule has 0 radical (unpaired) electrons. The first kappa shape index (κ1) is 15.6. The number of rotatable bonds is 4. The molecule has 23 heavy (non-hydrogen) atoms. The monoisotopic (exact) mass is 398 g/mol. The lowest BCUT2D eigenvalue weighted by Gasteiger charge is -2.08. The molecule has 0 aliphatic rings. The van der Waals surface area contributed by atoms with Gasteiger partial charge in [-0.15, -0.1) is 5.10 Å². The summed E-state index contributed by atoms with van der Waals surface area (Å²) in [6.07, 6.45) is 1.39. The van der Waals surface area contributed by atoms with Crippen LogP contribution >= 0.6 is 15.9 Å². The van der Waals surface area contributed by atoms with Crippen LogP contribution in [0.25, 0.3) is 5.69 Å². The highest BCUT2D eigenvalue weighted by Crippen LogP contribution is 2.24. The van der Waals surface area contributed by atoms with Crippen molar-refractivity contribution in [3.63, 3.8) is 0 Å². The first-order valence-electron chi connectivity index (χ1n) is 6.19. The van der Waals surface area contributed by atoms with Gasteiger partial charge in [-0.3, -0.25) is 0 Å². The van der Waals surface area contributed by atoms with E-state index in [9.17, 15) is 12.8 Å². The Hall–Kier alpha value is -2.33. The molecule has 3 aromatic rings. The molecule has 10 heteroatoms. The standard InChI is InChI=1S/C13H8BrFN4O3S/c14-9-1-6-12(15)13(7-9)23(20,21)22-11-4-2-10(3-5-11)19-8-16-17-18-19/h1-8H. The van der Waals surface area contributed by atoms with Crippen molar-refractivity contribution in [2.75, 3.05) is 0 Å². The fourth-order valence-electron chi connectivity index (χ4n) is 1.77. The van der Waals surface area contributed by atoms with Crippen LogP contribution in [0.4, 0.5) is 4.39 Å². The maximum absolute atomic E-state index is 13.7. The van der Waals surface area contributed by atoms with Crippen molar-refractivity contribution in [3.8, 4) is 11.4 Å². The molecule has 7 nitrogen and oxygen atoms in total. The Kier molecular flexibility index (Phi) is 4.09. The third-order valence-electron chi connectivity index (χ3n) is 2.82. The van der Waals surface area contributed by atoms with Gasteiger partial charge in [0.05, 0.1) is 5.69 Å². The summed E-state index contributed by atoms with van der Waals surface area (Å²) in [7, 11) is -4.29. The van der Waals surface area contributed by atoms with Crippen molar-refractivity contribution in [3.05, 3.63) is 59.1 Å². The van der Waals surface area contributed by atoms with E-state index in [0.29, 0.717) is 10.2 Å². The first-order valence-corrected chi connectivity index (χ1v) is 8.39. The predicted molar refractivity (Wildman–Crippen MR) is 81.1 cm³/mol. The molecule has 1 heterocycles. The summed E-state index contributed by atoms with van der Waals surface area (Å²) in [5.74, 6) is -0.847. The van der Waals surface area contributed by atoms with Crippen LogP contribution in [0.3, 0.4) is 0 Å². The van der Waals surface area contributed by atoms with Crippen molar-refractivity contribution in [1.29, 1.82) is 0 Å². The Morgan fingerprint density at radius 1 is 1.13 bits per heavy atom. The van der Waals surface area contributed by atoms with E-state index in [4.69, 9.17) is 4.18 Å². The highest BCUT2D eigenvalue weighted by molar-refractivity contribution is 9.10. The van der Waals surface area contributed by atoms with E-state index in [2.05, 4.69) is 31.5 Å². The number of benzene rings is 2. The predicted octanol–water partition coefficient (Wildman–Crippen LogP) is 2.33. The molecule has 0 spiro atoms. The minimum absolute atomic E-state index is 0.0428. The molecule has 2 aromatic carbocycles. The molecule has 118 valence electrons. The number of aromatic nitrogens is 4. The van der Waals surface area contributed by atoms with Gasteiger partial charge in [0.15, 0.2) is 0 Å². The van der Waals surface area contributed by atoms with Crippen LogP contribution in [0.15, 0.2) is 58.2 Å². The van der Waals surface area contributed by atoms with Gasteiger partial charge in [-0.1, -0.05) is 15.9 Å². The van der Waals surface area contributed by atoms with Gasteiger partial charge < -0.3 is 4.18 Å². The number of tetrazole rings is 1. The molecule has 0 bridgehead atoms. The van der Waals surface area contributed by atoms with E-state index in [1.807, 2.05) is 0 Å². The van der Waals surface area contributed by atoms with Crippen molar-refractivity contribution in [2.24, 2.45) is 0 Å². The van der Waals surface area contributed by atoms with Crippen LogP contribution < -0.4 is 4.18 Å². The molecular weight excluding hydrogens is 391 g/mol. The maximum atomic E-state index is 13.7. The molecule has 0 N–H and O–H groups in total. The minimum atomic E-state index is -4.29. The highest BCUT2D eigenvalue weighted by atomic mass is 79.9. The fraction of sp³-hybridized carbons (Fsp3) is 0. The second-order valence-electron chi connectivity index (χ2n) is 4.36. The van der Waals surface area contributed by atoms with Gasteiger partial charge in [0.1, 0.15) is 22.8 Å². The van der Waals surface area contributed by atoms with E-state index in [-0.39, 0.29) is 5.75 Å². The van der Waals surface area contributed by atoms with Crippen molar-refractivity contribution in [1.82, 2.24) is 20.2 Å². The van der Waals surface area contributed by atoms with E-state index in [1.54, 1.807) is 12.1 Å². The van der Waals surface area contributed by atoms with Crippen molar-refractivity contribution in [2.45, 2.75) is 4.90 Å². The zero-order chi connectivity index (χ0) is 16.4. The number of halogens is 2.